The summed E-state index contributed by atoms with van der Waals surface area (Å²) in [5, 5.41) is 10.9. The van der Waals surface area contributed by atoms with Crippen LogP contribution in [0.4, 0.5) is 0 Å². The van der Waals surface area contributed by atoms with Crippen molar-refractivity contribution in [2.75, 3.05) is 13.7 Å². The van der Waals surface area contributed by atoms with Gasteiger partial charge in [-0.2, -0.15) is 10.3 Å². The van der Waals surface area contributed by atoms with Gasteiger partial charge in [0.05, 0.1) is 13.5 Å². The van der Waals surface area contributed by atoms with E-state index < -0.39 is 17.2 Å². The SMILES string of the molecule is COc1ccc2c(c1)C(=O)N(C[C@@]1(C#Cc3ccc(CC(N)=NC#N)cc3)CC(=O)NC1=O)C2. The third-order valence-corrected chi connectivity index (χ3v) is 5.79. The van der Waals surface area contributed by atoms with Crippen LogP contribution < -0.4 is 15.8 Å². The maximum atomic E-state index is 13.0. The number of hydrogen-bond acceptors (Lipinski definition) is 6. The standard InChI is InChI=1S/C25H21N5O4/c1-34-19-7-6-18-13-30(23(32)20(18)11-19)14-25(12-22(31)29-24(25)33)9-8-16-2-4-17(5-3-16)10-21(27)28-15-26/h2-7,11H,10,12-14H2,1H3,(H2,27,28)(H,29,31,33)/t25-/m1/s1. The fourth-order valence-electron chi connectivity index (χ4n) is 4.04. The number of aliphatic imine (C=N–C) groups is 1. The summed E-state index contributed by atoms with van der Waals surface area (Å²) in [6, 6.07) is 12.4. The van der Waals surface area contributed by atoms with E-state index in [9.17, 15) is 14.4 Å². The highest BCUT2D eigenvalue weighted by Gasteiger charge is 2.48. The maximum absolute atomic E-state index is 13.0. The Kier molecular flexibility index (Phi) is 6.03. The first-order chi connectivity index (χ1) is 16.3. The van der Waals surface area contributed by atoms with Crippen molar-refractivity contribution in [1.29, 1.82) is 5.26 Å². The van der Waals surface area contributed by atoms with Crippen molar-refractivity contribution >= 4 is 23.6 Å². The number of rotatable bonds is 5. The highest BCUT2D eigenvalue weighted by atomic mass is 16.5. The molecule has 0 radical (unpaired) electrons. The number of nitrogens with one attached hydrogen (secondary N) is 1. The molecule has 3 N–H and O–H groups in total. The second kappa shape index (κ2) is 9.08. The fraction of sp³-hybridized carbons (Fsp3) is 0.240. The van der Waals surface area contributed by atoms with Crippen molar-refractivity contribution < 1.29 is 19.1 Å². The number of nitriles is 1. The van der Waals surface area contributed by atoms with E-state index in [1.165, 1.54) is 12.0 Å². The highest BCUT2D eigenvalue weighted by Crippen LogP contribution is 2.33. The van der Waals surface area contributed by atoms with Crippen molar-refractivity contribution in [3.05, 3.63) is 64.7 Å². The van der Waals surface area contributed by atoms with Crippen LogP contribution in [-0.4, -0.2) is 42.1 Å². The molecule has 0 saturated carbocycles. The molecular weight excluding hydrogens is 434 g/mol. The molecule has 0 spiro atoms. The van der Waals surface area contributed by atoms with Crippen molar-refractivity contribution in [1.82, 2.24) is 10.2 Å². The Hall–Kier alpha value is -4.63. The van der Waals surface area contributed by atoms with E-state index in [1.807, 2.05) is 6.07 Å². The van der Waals surface area contributed by atoms with Crippen LogP contribution in [0, 0.1) is 28.7 Å². The first-order valence-electron chi connectivity index (χ1n) is 10.5. The number of nitrogens with two attached hydrogens (primary N) is 1. The Bertz CT molecular complexity index is 1310. The zero-order valence-corrected chi connectivity index (χ0v) is 18.4. The second-order valence-corrected chi connectivity index (χ2v) is 8.15. The smallest absolute Gasteiger partial charge is 0.254 e. The molecule has 1 atom stereocenters. The molecule has 2 aromatic carbocycles. The summed E-state index contributed by atoms with van der Waals surface area (Å²) < 4.78 is 5.21. The number of carbonyl (C=O) groups is 3. The van der Waals surface area contributed by atoms with Gasteiger partial charge in [0.15, 0.2) is 0 Å². The molecule has 3 amide bonds. The largest absolute Gasteiger partial charge is 0.497 e. The molecule has 2 aliphatic heterocycles. The van der Waals surface area contributed by atoms with E-state index in [-0.39, 0.29) is 24.7 Å². The van der Waals surface area contributed by atoms with E-state index in [2.05, 4.69) is 22.2 Å². The zero-order valence-electron chi connectivity index (χ0n) is 18.4. The van der Waals surface area contributed by atoms with Crippen LogP contribution in [0.25, 0.3) is 0 Å². The number of imide groups is 1. The molecule has 1 fully saturated rings. The number of amidine groups is 1. The van der Waals surface area contributed by atoms with Gasteiger partial charge in [0.25, 0.3) is 5.91 Å². The van der Waals surface area contributed by atoms with Crippen molar-refractivity contribution in [3.63, 3.8) is 0 Å². The van der Waals surface area contributed by atoms with Gasteiger partial charge in [0, 0.05) is 30.6 Å². The Morgan fingerprint density at radius 1 is 1.24 bits per heavy atom. The van der Waals surface area contributed by atoms with Crippen molar-refractivity contribution in [2.45, 2.75) is 19.4 Å². The average Bonchev–Trinajstić information content (AvgIpc) is 3.28. The molecular formula is C25H21N5O4. The molecule has 9 nitrogen and oxygen atoms in total. The van der Waals surface area contributed by atoms with Gasteiger partial charge < -0.3 is 15.4 Å². The number of methoxy groups -OCH3 is 1. The summed E-state index contributed by atoms with van der Waals surface area (Å²) in [6.07, 6.45) is 1.85. The molecule has 0 aromatic heterocycles. The van der Waals surface area contributed by atoms with E-state index in [1.54, 1.807) is 42.6 Å². The van der Waals surface area contributed by atoms with Crippen LogP contribution in [0.15, 0.2) is 47.5 Å². The summed E-state index contributed by atoms with van der Waals surface area (Å²) in [6.45, 7) is 0.316. The Morgan fingerprint density at radius 2 is 2.00 bits per heavy atom. The third-order valence-electron chi connectivity index (χ3n) is 5.79. The number of fused-ring (bicyclic) bond motifs is 1. The number of carbonyl (C=O) groups excluding carboxylic acids is 3. The Morgan fingerprint density at radius 3 is 2.65 bits per heavy atom. The first kappa shape index (κ1) is 22.6. The van der Waals surface area contributed by atoms with E-state index in [0.29, 0.717) is 29.8 Å². The van der Waals surface area contributed by atoms with Gasteiger partial charge in [-0.25, -0.2) is 0 Å². The minimum atomic E-state index is -1.35. The molecule has 2 aromatic rings. The molecule has 1 saturated heterocycles. The summed E-state index contributed by atoms with van der Waals surface area (Å²) in [7, 11) is 1.53. The molecule has 0 unspecified atom stereocenters. The van der Waals surface area contributed by atoms with Gasteiger partial charge in [-0.3, -0.25) is 19.7 Å². The summed E-state index contributed by atoms with van der Waals surface area (Å²) in [5.74, 6) is 5.56. The first-order valence-corrected chi connectivity index (χ1v) is 10.5. The molecule has 2 aliphatic rings. The third kappa shape index (κ3) is 4.45. The van der Waals surface area contributed by atoms with Gasteiger partial charge in [0.2, 0.25) is 18.0 Å². The zero-order chi connectivity index (χ0) is 24.3. The number of amides is 3. The molecule has 34 heavy (non-hydrogen) atoms. The topological polar surface area (TPSA) is 138 Å². The van der Waals surface area contributed by atoms with Crippen LogP contribution in [0.5, 0.6) is 5.75 Å². The molecule has 2 heterocycles. The molecule has 0 bridgehead atoms. The van der Waals surface area contributed by atoms with Crippen LogP contribution in [0.1, 0.15) is 33.5 Å². The van der Waals surface area contributed by atoms with Gasteiger partial charge in [-0.05, 0) is 35.4 Å². The van der Waals surface area contributed by atoms with Crippen LogP contribution in [0.3, 0.4) is 0 Å². The summed E-state index contributed by atoms with van der Waals surface area (Å²) >= 11 is 0. The summed E-state index contributed by atoms with van der Waals surface area (Å²) in [4.78, 5) is 42.9. The lowest BCUT2D eigenvalue weighted by Crippen LogP contribution is -2.42. The molecule has 170 valence electrons. The van der Waals surface area contributed by atoms with Crippen molar-refractivity contribution in [3.8, 4) is 23.8 Å². The van der Waals surface area contributed by atoms with Crippen LogP contribution >= 0.6 is 0 Å². The molecule has 4 rings (SSSR count). The molecule has 9 heteroatoms. The van der Waals surface area contributed by atoms with Crippen LogP contribution in [-0.2, 0) is 22.6 Å². The van der Waals surface area contributed by atoms with Gasteiger partial charge in [0.1, 0.15) is 17.0 Å². The van der Waals surface area contributed by atoms with Crippen molar-refractivity contribution in [2.24, 2.45) is 16.1 Å². The highest BCUT2D eigenvalue weighted by molar-refractivity contribution is 6.08. The molecule has 0 aliphatic carbocycles. The lowest BCUT2D eigenvalue weighted by atomic mass is 9.85. The lowest BCUT2D eigenvalue weighted by Gasteiger charge is -2.25. The average molecular weight is 455 g/mol. The van der Waals surface area contributed by atoms with E-state index in [0.717, 1.165) is 11.1 Å². The number of hydrogen-bond donors (Lipinski definition) is 2. The minimum Gasteiger partial charge on any atom is -0.497 e. The monoisotopic (exact) mass is 455 g/mol. The normalized spacial score (nSPS) is 19.2. The number of nitrogens with zero attached hydrogens (tertiary/aromatic N) is 3. The summed E-state index contributed by atoms with van der Waals surface area (Å²) in [5.41, 5.74) is 7.14. The predicted molar refractivity (Wildman–Crippen MR) is 122 cm³/mol. The lowest BCUT2D eigenvalue weighted by molar-refractivity contribution is -0.127. The minimum absolute atomic E-state index is 0.00730. The van der Waals surface area contributed by atoms with Gasteiger partial charge in [-0.15, -0.1) is 0 Å². The number of ether oxygens (including phenoxy) is 1. The maximum Gasteiger partial charge on any atom is 0.254 e. The van der Waals surface area contributed by atoms with E-state index in [4.69, 9.17) is 15.7 Å². The second-order valence-electron chi connectivity index (χ2n) is 8.15. The fourth-order valence-corrected chi connectivity index (χ4v) is 4.04. The predicted octanol–water partition coefficient (Wildman–Crippen LogP) is 1.12. The van der Waals surface area contributed by atoms with Gasteiger partial charge in [-0.1, -0.05) is 30.0 Å². The quantitative estimate of drug-likeness (QED) is 0.228. The Labute approximate surface area is 196 Å². The Balaban J connectivity index is 1.57. The van der Waals surface area contributed by atoms with E-state index >= 15 is 0 Å². The van der Waals surface area contributed by atoms with Gasteiger partial charge >= 0.3 is 0 Å². The number of benzene rings is 2. The van der Waals surface area contributed by atoms with Crippen LogP contribution in [0.2, 0.25) is 0 Å².